The molecule has 0 aliphatic heterocycles. The first kappa shape index (κ1) is 36.8. The molecule has 2 heterocycles. The molecule has 0 aliphatic rings. The molecular formula is C60H42N2Si. The summed E-state index contributed by atoms with van der Waals surface area (Å²) in [5.41, 5.74) is 11.8. The van der Waals surface area contributed by atoms with E-state index in [2.05, 4.69) is 264 Å². The van der Waals surface area contributed by atoms with E-state index in [1.54, 1.807) is 0 Å². The lowest BCUT2D eigenvalue weighted by Crippen LogP contribution is -2.75. The van der Waals surface area contributed by atoms with Crippen molar-refractivity contribution in [2.24, 2.45) is 0 Å². The van der Waals surface area contributed by atoms with Gasteiger partial charge in [0.05, 0.1) is 27.8 Å². The quantitative estimate of drug-likeness (QED) is 0.107. The molecule has 3 heteroatoms. The van der Waals surface area contributed by atoms with Gasteiger partial charge >= 0.3 is 0 Å². The minimum atomic E-state index is -2.98. The van der Waals surface area contributed by atoms with Crippen LogP contribution < -0.4 is 20.7 Å². The molecule has 10 aromatic carbocycles. The molecule has 0 bridgehead atoms. The number of benzene rings is 10. The molecule has 0 aliphatic carbocycles. The Hall–Kier alpha value is -7.98. The molecule has 0 unspecified atom stereocenters. The van der Waals surface area contributed by atoms with Crippen LogP contribution in [-0.4, -0.2) is 17.2 Å². The molecule has 2 nitrogen and oxygen atoms in total. The Labute approximate surface area is 368 Å². The average molecular weight is 819 g/mol. The van der Waals surface area contributed by atoms with Gasteiger partial charge in [0.2, 0.25) is 0 Å². The Balaban J connectivity index is 1.24. The predicted octanol–water partition coefficient (Wildman–Crippen LogP) is 12.6. The van der Waals surface area contributed by atoms with E-state index >= 15 is 0 Å². The molecule has 0 amide bonds. The fraction of sp³-hybridized carbons (Fsp3) is 0. The van der Waals surface area contributed by atoms with E-state index in [0.29, 0.717) is 0 Å². The normalized spacial score (nSPS) is 11.8. The summed E-state index contributed by atoms with van der Waals surface area (Å²) >= 11 is 0. The minimum Gasteiger partial charge on any atom is -0.309 e. The summed E-state index contributed by atoms with van der Waals surface area (Å²) in [5, 5.41) is 10.4. The first-order valence-electron chi connectivity index (χ1n) is 21.8. The summed E-state index contributed by atoms with van der Waals surface area (Å²) in [6.07, 6.45) is 0. The van der Waals surface area contributed by atoms with Gasteiger partial charge in [-0.25, -0.2) is 0 Å². The van der Waals surface area contributed by atoms with E-state index < -0.39 is 8.07 Å². The average Bonchev–Trinajstić information content (AvgIpc) is 3.88. The lowest BCUT2D eigenvalue weighted by atomic mass is 10.0. The molecule has 63 heavy (non-hydrogen) atoms. The third-order valence-corrected chi connectivity index (χ3v) is 17.9. The molecule has 0 saturated carbocycles. The number of nitrogens with zero attached hydrogens (tertiary/aromatic N) is 2. The van der Waals surface area contributed by atoms with Gasteiger partial charge in [0.15, 0.2) is 8.07 Å². The van der Waals surface area contributed by atoms with Gasteiger partial charge in [-0.1, -0.05) is 218 Å². The van der Waals surface area contributed by atoms with Crippen molar-refractivity contribution in [3.63, 3.8) is 0 Å². The maximum Gasteiger partial charge on any atom is 0.181 e. The zero-order valence-electron chi connectivity index (χ0n) is 34.6. The number of aromatic nitrogens is 2. The minimum absolute atomic E-state index is 1.14. The van der Waals surface area contributed by atoms with Crippen molar-refractivity contribution >= 4 is 72.4 Å². The van der Waals surface area contributed by atoms with Crippen molar-refractivity contribution < 1.29 is 0 Å². The highest BCUT2D eigenvalue weighted by Crippen LogP contribution is 2.42. The highest BCUT2D eigenvalue weighted by Gasteiger charge is 2.43. The van der Waals surface area contributed by atoms with Gasteiger partial charge in [-0.05, 0) is 73.8 Å². The topological polar surface area (TPSA) is 9.86 Å². The van der Waals surface area contributed by atoms with Crippen molar-refractivity contribution in [1.29, 1.82) is 0 Å². The molecule has 296 valence electrons. The number of hydrogen-bond acceptors (Lipinski definition) is 0. The van der Waals surface area contributed by atoms with Crippen LogP contribution in [0.25, 0.3) is 77.2 Å². The standard InChI is InChI=1S/C60H42N2Si/c1-6-22-43(23-7-1)45-26-20-27-46(40-45)61-55-37-18-17-35-51(55)54-42-57(53(41-58(54)61)44-24-8-2-9-25-44)62-56-38-19-16-34-50(56)52-36-21-39-59(60(52)62)63(47-28-10-3-11-29-47,48-30-12-4-13-31-48)49-32-14-5-15-33-49/h1-42H. The van der Waals surface area contributed by atoms with E-state index in [0.717, 1.165) is 11.4 Å². The molecule has 12 rings (SSSR count). The fourth-order valence-corrected chi connectivity index (χ4v) is 15.3. The summed E-state index contributed by atoms with van der Waals surface area (Å²) in [5.74, 6) is 0. The molecule has 0 saturated heterocycles. The van der Waals surface area contributed by atoms with Crippen molar-refractivity contribution in [2.45, 2.75) is 0 Å². The second kappa shape index (κ2) is 15.2. The van der Waals surface area contributed by atoms with Gasteiger partial charge in [0.25, 0.3) is 0 Å². The number of fused-ring (bicyclic) bond motifs is 6. The fourth-order valence-electron chi connectivity index (χ4n) is 10.4. The third kappa shape index (κ3) is 5.85. The van der Waals surface area contributed by atoms with Crippen LogP contribution in [0.5, 0.6) is 0 Å². The molecular weight excluding hydrogens is 777 g/mol. The van der Waals surface area contributed by atoms with Crippen LogP contribution in [0.4, 0.5) is 0 Å². The van der Waals surface area contributed by atoms with Crippen molar-refractivity contribution in [1.82, 2.24) is 9.13 Å². The van der Waals surface area contributed by atoms with E-state index in [4.69, 9.17) is 0 Å². The molecule has 0 spiro atoms. The van der Waals surface area contributed by atoms with Crippen LogP contribution in [0.1, 0.15) is 0 Å². The molecule has 0 fully saturated rings. The summed E-state index contributed by atoms with van der Waals surface area (Å²) in [6, 6.07) is 94.4. The van der Waals surface area contributed by atoms with Gasteiger partial charge in [0, 0.05) is 32.8 Å². The maximum atomic E-state index is 2.61. The van der Waals surface area contributed by atoms with E-state index in [1.165, 1.54) is 86.6 Å². The van der Waals surface area contributed by atoms with Crippen LogP contribution in [0.15, 0.2) is 255 Å². The predicted molar refractivity (Wildman–Crippen MR) is 270 cm³/mol. The first-order valence-corrected chi connectivity index (χ1v) is 23.8. The maximum absolute atomic E-state index is 2.98. The van der Waals surface area contributed by atoms with Crippen LogP contribution in [0, 0.1) is 0 Å². The summed E-state index contributed by atoms with van der Waals surface area (Å²) in [6.45, 7) is 0. The summed E-state index contributed by atoms with van der Waals surface area (Å²) in [4.78, 5) is 0. The zero-order valence-corrected chi connectivity index (χ0v) is 35.6. The monoisotopic (exact) mass is 818 g/mol. The summed E-state index contributed by atoms with van der Waals surface area (Å²) in [7, 11) is -2.98. The van der Waals surface area contributed by atoms with E-state index in [9.17, 15) is 0 Å². The second-order valence-corrected chi connectivity index (χ2v) is 20.2. The third-order valence-electron chi connectivity index (χ3n) is 13.0. The molecule has 2 aromatic heterocycles. The van der Waals surface area contributed by atoms with Crippen molar-refractivity contribution in [2.75, 3.05) is 0 Å². The Morgan fingerprint density at radius 3 is 1.35 bits per heavy atom. The molecule has 0 atom stereocenters. The van der Waals surface area contributed by atoms with E-state index in [-0.39, 0.29) is 0 Å². The first-order chi connectivity index (χ1) is 31.3. The second-order valence-electron chi connectivity index (χ2n) is 16.4. The Bertz CT molecular complexity index is 3500. The van der Waals surface area contributed by atoms with Crippen LogP contribution >= 0.6 is 0 Å². The van der Waals surface area contributed by atoms with Gasteiger partial charge in [-0.2, -0.15) is 0 Å². The Kier molecular flexibility index (Phi) is 8.87. The SMILES string of the molecule is c1ccc(-c2cccc(-n3c4ccccc4c4cc(-n5c6ccccc6c6cccc([Si](c7ccccc7)(c7ccccc7)c7ccccc7)c65)c(-c5ccccc5)cc43)c2)cc1. The van der Waals surface area contributed by atoms with Crippen molar-refractivity contribution in [3.05, 3.63) is 255 Å². The molecule has 0 N–H and O–H groups in total. The van der Waals surface area contributed by atoms with Crippen LogP contribution in [0.3, 0.4) is 0 Å². The van der Waals surface area contributed by atoms with Gasteiger partial charge in [0.1, 0.15) is 0 Å². The Morgan fingerprint density at radius 2 is 0.746 bits per heavy atom. The van der Waals surface area contributed by atoms with Crippen molar-refractivity contribution in [3.8, 4) is 33.6 Å². The lowest BCUT2D eigenvalue weighted by Gasteiger charge is -2.35. The number of rotatable bonds is 8. The van der Waals surface area contributed by atoms with Crippen LogP contribution in [-0.2, 0) is 0 Å². The highest BCUT2D eigenvalue weighted by atomic mass is 28.3. The smallest absolute Gasteiger partial charge is 0.181 e. The zero-order chi connectivity index (χ0) is 41.7. The van der Waals surface area contributed by atoms with E-state index in [1.807, 2.05) is 0 Å². The highest BCUT2D eigenvalue weighted by molar-refractivity contribution is 7.20. The summed E-state index contributed by atoms with van der Waals surface area (Å²) < 4.78 is 5.07. The largest absolute Gasteiger partial charge is 0.309 e. The van der Waals surface area contributed by atoms with Gasteiger partial charge in [-0.3, -0.25) is 0 Å². The van der Waals surface area contributed by atoms with Gasteiger partial charge < -0.3 is 9.13 Å². The molecule has 0 radical (unpaired) electrons. The number of para-hydroxylation sites is 3. The molecule has 12 aromatic rings. The number of hydrogen-bond donors (Lipinski definition) is 0. The van der Waals surface area contributed by atoms with Gasteiger partial charge in [-0.15, -0.1) is 0 Å². The lowest BCUT2D eigenvalue weighted by molar-refractivity contribution is 1.17. The Morgan fingerprint density at radius 1 is 0.286 bits per heavy atom. The van der Waals surface area contributed by atoms with Crippen LogP contribution in [0.2, 0.25) is 0 Å².